The van der Waals surface area contributed by atoms with Gasteiger partial charge < -0.3 is 10.6 Å². The summed E-state index contributed by atoms with van der Waals surface area (Å²) in [7, 11) is 0. The third kappa shape index (κ3) is 2.39. The molecule has 2 atom stereocenters. The average molecular weight is 258 g/mol. The Morgan fingerprint density at radius 2 is 2.00 bits per heavy atom. The van der Waals surface area contributed by atoms with Gasteiger partial charge in [0.1, 0.15) is 0 Å². The van der Waals surface area contributed by atoms with Gasteiger partial charge in [-0.2, -0.15) is 0 Å². The van der Waals surface area contributed by atoms with E-state index in [9.17, 15) is 4.79 Å². The van der Waals surface area contributed by atoms with Crippen LogP contribution in [0.1, 0.15) is 37.7 Å². The molecule has 1 aliphatic carbocycles. The Bertz CT molecular complexity index is 467. The van der Waals surface area contributed by atoms with Gasteiger partial charge in [-0.25, -0.2) is 0 Å². The highest BCUT2D eigenvalue weighted by molar-refractivity contribution is 5.89. The molecule has 102 valence electrons. The standard InChI is InChI=1S/C16H22N2O/c1-12-11-18(15(19)16(17)8-9-16)10-7-14(12)13-5-3-2-4-6-13/h2-6,12,14H,7-11,17H2,1H3. The zero-order valence-electron chi connectivity index (χ0n) is 11.5. The quantitative estimate of drug-likeness (QED) is 0.883. The molecule has 2 fully saturated rings. The largest absolute Gasteiger partial charge is 0.341 e. The molecule has 1 amide bonds. The maximum absolute atomic E-state index is 12.3. The van der Waals surface area contributed by atoms with E-state index >= 15 is 0 Å². The zero-order valence-corrected chi connectivity index (χ0v) is 11.5. The first kappa shape index (κ1) is 12.7. The number of likely N-dealkylation sites (tertiary alicyclic amines) is 1. The van der Waals surface area contributed by atoms with Crippen molar-refractivity contribution in [3.05, 3.63) is 35.9 Å². The second-order valence-electron chi connectivity index (χ2n) is 6.19. The highest BCUT2D eigenvalue weighted by atomic mass is 16.2. The van der Waals surface area contributed by atoms with Crippen molar-refractivity contribution in [2.24, 2.45) is 11.7 Å². The lowest BCUT2D eigenvalue weighted by atomic mass is 9.81. The second-order valence-corrected chi connectivity index (χ2v) is 6.19. The van der Waals surface area contributed by atoms with Crippen molar-refractivity contribution in [1.29, 1.82) is 0 Å². The molecule has 3 rings (SSSR count). The Morgan fingerprint density at radius 1 is 1.32 bits per heavy atom. The number of piperidine rings is 1. The van der Waals surface area contributed by atoms with Crippen LogP contribution < -0.4 is 5.73 Å². The summed E-state index contributed by atoms with van der Waals surface area (Å²) in [6.45, 7) is 3.94. The molecule has 19 heavy (non-hydrogen) atoms. The molecule has 2 unspecified atom stereocenters. The number of nitrogens with zero attached hydrogens (tertiary/aromatic N) is 1. The summed E-state index contributed by atoms with van der Waals surface area (Å²) in [5.41, 5.74) is 6.91. The minimum Gasteiger partial charge on any atom is -0.341 e. The lowest BCUT2D eigenvalue weighted by molar-refractivity contribution is -0.135. The maximum atomic E-state index is 12.3. The number of hydrogen-bond donors (Lipinski definition) is 1. The fourth-order valence-electron chi connectivity index (χ4n) is 3.19. The lowest BCUT2D eigenvalue weighted by Crippen LogP contribution is -2.50. The van der Waals surface area contributed by atoms with Crippen LogP contribution in [0.5, 0.6) is 0 Å². The average Bonchev–Trinajstić information content (AvgIpc) is 3.18. The molecule has 3 heteroatoms. The fourth-order valence-corrected chi connectivity index (χ4v) is 3.19. The van der Waals surface area contributed by atoms with Crippen LogP contribution in [0, 0.1) is 5.92 Å². The van der Waals surface area contributed by atoms with Crippen LogP contribution in [0.25, 0.3) is 0 Å². The highest BCUT2D eigenvalue weighted by Crippen LogP contribution is 2.38. The highest BCUT2D eigenvalue weighted by Gasteiger charge is 2.49. The Kier molecular flexibility index (Phi) is 3.09. The van der Waals surface area contributed by atoms with Crippen LogP contribution >= 0.6 is 0 Å². The molecule has 0 aromatic heterocycles. The van der Waals surface area contributed by atoms with Gasteiger partial charge >= 0.3 is 0 Å². The lowest BCUT2D eigenvalue weighted by Gasteiger charge is -2.38. The Morgan fingerprint density at radius 3 is 2.58 bits per heavy atom. The van der Waals surface area contributed by atoms with Gasteiger partial charge in [-0.3, -0.25) is 4.79 Å². The Hall–Kier alpha value is -1.35. The molecule has 2 N–H and O–H groups in total. The van der Waals surface area contributed by atoms with E-state index in [0.29, 0.717) is 11.8 Å². The molecule has 0 spiro atoms. The smallest absolute Gasteiger partial charge is 0.242 e. The van der Waals surface area contributed by atoms with Gasteiger partial charge in [0, 0.05) is 13.1 Å². The van der Waals surface area contributed by atoms with Crippen LogP contribution in [-0.4, -0.2) is 29.4 Å². The normalized spacial score (nSPS) is 29.1. The minimum atomic E-state index is -0.515. The van der Waals surface area contributed by atoms with Crippen LogP contribution in [0.15, 0.2) is 30.3 Å². The van der Waals surface area contributed by atoms with Gasteiger partial charge in [0.15, 0.2) is 0 Å². The third-order valence-corrected chi connectivity index (χ3v) is 4.63. The summed E-state index contributed by atoms with van der Waals surface area (Å²) in [5.74, 6) is 1.24. The van der Waals surface area contributed by atoms with Crippen LogP contribution in [-0.2, 0) is 4.79 Å². The van der Waals surface area contributed by atoms with Crippen molar-refractivity contribution in [3.8, 4) is 0 Å². The second kappa shape index (κ2) is 4.64. The summed E-state index contributed by atoms with van der Waals surface area (Å²) in [6, 6.07) is 10.6. The Labute approximate surface area is 114 Å². The third-order valence-electron chi connectivity index (χ3n) is 4.63. The van der Waals surface area contributed by atoms with Gasteiger partial charge in [0.2, 0.25) is 5.91 Å². The minimum absolute atomic E-state index is 0.172. The number of rotatable bonds is 2. The van der Waals surface area contributed by atoms with Gasteiger partial charge in [-0.1, -0.05) is 37.3 Å². The summed E-state index contributed by atoms with van der Waals surface area (Å²) in [5, 5.41) is 0. The van der Waals surface area contributed by atoms with E-state index in [2.05, 4.69) is 37.3 Å². The van der Waals surface area contributed by atoms with E-state index in [1.54, 1.807) is 0 Å². The Balaban J connectivity index is 1.67. The van der Waals surface area contributed by atoms with Crippen molar-refractivity contribution in [3.63, 3.8) is 0 Å². The fraction of sp³-hybridized carbons (Fsp3) is 0.562. The molecule has 3 nitrogen and oxygen atoms in total. The van der Waals surface area contributed by atoms with Gasteiger partial charge in [0.25, 0.3) is 0 Å². The molecule has 2 aliphatic rings. The first-order valence-corrected chi connectivity index (χ1v) is 7.23. The van der Waals surface area contributed by atoms with Crippen LogP contribution in [0.2, 0.25) is 0 Å². The molecule has 1 aromatic carbocycles. The van der Waals surface area contributed by atoms with E-state index in [0.717, 1.165) is 32.4 Å². The summed E-state index contributed by atoms with van der Waals surface area (Å²) in [4.78, 5) is 14.3. The van der Waals surface area contributed by atoms with Crippen LogP contribution in [0.4, 0.5) is 0 Å². The SMILES string of the molecule is CC1CN(C(=O)C2(N)CC2)CCC1c1ccccc1. The van der Waals surface area contributed by atoms with E-state index in [-0.39, 0.29) is 5.91 Å². The molecule has 0 bridgehead atoms. The molecule has 1 aliphatic heterocycles. The van der Waals surface area contributed by atoms with Crippen molar-refractivity contribution < 1.29 is 4.79 Å². The molecule has 1 heterocycles. The van der Waals surface area contributed by atoms with Crippen molar-refractivity contribution in [1.82, 2.24) is 4.90 Å². The molecular weight excluding hydrogens is 236 g/mol. The van der Waals surface area contributed by atoms with Gasteiger partial charge in [0.05, 0.1) is 5.54 Å². The molecule has 1 saturated heterocycles. The molecule has 1 aromatic rings. The summed E-state index contributed by atoms with van der Waals surface area (Å²) >= 11 is 0. The topological polar surface area (TPSA) is 46.3 Å². The summed E-state index contributed by atoms with van der Waals surface area (Å²) in [6.07, 6.45) is 2.77. The molecule has 0 radical (unpaired) electrons. The van der Waals surface area contributed by atoms with E-state index in [1.165, 1.54) is 5.56 Å². The van der Waals surface area contributed by atoms with Crippen molar-refractivity contribution in [2.45, 2.75) is 37.6 Å². The first-order valence-electron chi connectivity index (χ1n) is 7.23. The molecule has 1 saturated carbocycles. The number of nitrogens with two attached hydrogens (primary N) is 1. The molecular formula is C16H22N2O. The predicted molar refractivity (Wildman–Crippen MR) is 75.7 cm³/mol. The zero-order chi connectivity index (χ0) is 13.5. The van der Waals surface area contributed by atoms with Crippen molar-refractivity contribution in [2.75, 3.05) is 13.1 Å². The predicted octanol–water partition coefficient (Wildman–Crippen LogP) is 2.13. The monoisotopic (exact) mass is 258 g/mol. The number of hydrogen-bond acceptors (Lipinski definition) is 2. The van der Waals surface area contributed by atoms with Crippen molar-refractivity contribution >= 4 is 5.91 Å². The number of carbonyl (C=O) groups excluding carboxylic acids is 1. The van der Waals surface area contributed by atoms with Crippen LogP contribution in [0.3, 0.4) is 0 Å². The number of benzene rings is 1. The van der Waals surface area contributed by atoms with E-state index < -0.39 is 5.54 Å². The van der Waals surface area contributed by atoms with E-state index in [1.807, 2.05) is 4.90 Å². The van der Waals surface area contributed by atoms with Gasteiger partial charge in [-0.05, 0) is 36.7 Å². The number of amides is 1. The maximum Gasteiger partial charge on any atom is 0.242 e. The van der Waals surface area contributed by atoms with Gasteiger partial charge in [-0.15, -0.1) is 0 Å². The number of carbonyl (C=O) groups is 1. The first-order chi connectivity index (χ1) is 9.10. The summed E-state index contributed by atoms with van der Waals surface area (Å²) < 4.78 is 0. The van der Waals surface area contributed by atoms with E-state index in [4.69, 9.17) is 5.73 Å².